The van der Waals surface area contributed by atoms with Gasteiger partial charge in [0.15, 0.2) is 17.0 Å². The molecule has 0 saturated heterocycles. The average Bonchev–Trinajstić information content (AvgIpc) is 3.19. The highest BCUT2D eigenvalue weighted by atomic mass is 19.4. The zero-order valence-electron chi connectivity index (χ0n) is 17.2. The third-order valence-corrected chi connectivity index (χ3v) is 6.55. The van der Waals surface area contributed by atoms with Gasteiger partial charge in [0.2, 0.25) is 0 Å². The summed E-state index contributed by atoms with van der Waals surface area (Å²) in [6, 6.07) is 8.88. The van der Waals surface area contributed by atoms with Crippen LogP contribution in [-0.4, -0.2) is 38.5 Å². The molecule has 2 aliphatic carbocycles. The van der Waals surface area contributed by atoms with Gasteiger partial charge in [-0.1, -0.05) is 43.5 Å². The number of carbonyl (C=O) groups is 1. The SMILES string of the molecule is CN(C(=O)c1cc2nc3c(c(C(F)(F)F)n2n1)CCc1ccccc1-3)C1CCCCC1. The fourth-order valence-electron chi connectivity index (χ4n) is 4.94. The molecule has 8 heteroatoms. The van der Waals surface area contributed by atoms with Crippen LogP contribution >= 0.6 is 0 Å². The van der Waals surface area contributed by atoms with Crippen LogP contribution < -0.4 is 0 Å². The molecule has 1 saturated carbocycles. The Hall–Kier alpha value is -2.90. The standard InChI is InChI=1S/C23H23F3N4O/c1-29(15-8-3-2-4-9-15)22(31)18-13-19-27-20-16-10-6-5-7-14(16)11-12-17(20)21(23(24,25)26)30(19)28-18/h5-7,10,13,15H,2-4,8-9,11-12H2,1H3. The molecule has 0 unspecified atom stereocenters. The lowest BCUT2D eigenvalue weighted by Gasteiger charge is -2.30. The molecule has 0 bridgehead atoms. The van der Waals surface area contributed by atoms with Gasteiger partial charge >= 0.3 is 6.18 Å². The summed E-state index contributed by atoms with van der Waals surface area (Å²) in [5.41, 5.74) is 1.38. The summed E-state index contributed by atoms with van der Waals surface area (Å²) in [7, 11) is 1.71. The second kappa shape index (κ2) is 7.35. The number of hydrogen-bond donors (Lipinski definition) is 0. The van der Waals surface area contributed by atoms with Gasteiger partial charge in [-0.2, -0.15) is 18.3 Å². The predicted octanol–water partition coefficient (Wildman–Crippen LogP) is 4.92. The van der Waals surface area contributed by atoms with Crippen molar-refractivity contribution in [1.82, 2.24) is 19.5 Å². The minimum Gasteiger partial charge on any atom is -0.337 e. The van der Waals surface area contributed by atoms with Gasteiger partial charge in [-0.3, -0.25) is 4.79 Å². The van der Waals surface area contributed by atoms with Crippen LogP contribution in [0.4, 0.5) is 13.2 Å². The van der Waals surface area contributed by atoms with Crippen molar-refractivity contribution in [1.29, 1.82) is 0 Å². The maximum atomic E-state index is 14.2. The monoisotopic (exact) mass is 428 g/mol. The van der Waals surface area contributed by atoms with Gasteiger partial charge < -0.3 is 4.90 Å². The Morgan fingerprint density at radius 1 is 1.13 bits per heavy atom. The molecule has 0 radical (unpaired) electrons. The second-order valence-electron chi connectivity index (χ2n) is 8.45. The number of nitrogens with zero attached hydrogens (tertiary/aromatic N) is 4. The summed E-state index contributed by atoms with van der Waals surface area (Å²) in [4.78, 5) is 19.2. The predicted molar refractivity (Wildman–Crippen MR) is 110 cm³/mol. The van der Waals surface area contributed by atoms with Crippen molar-refractivity contribution in [2.75, 3.05) is 7.05 Å². The minimum atomic E-state index is -4.61. The summed E-state index contributed by atoms with van der Waals surface area (Å²) >= 11 is 0. The van der Waals surface area contributed by atoms with E-state index in [0.717, 1.165) is 42.2 Å². The Morgan fingerprint density at radius 3 is 2.61 bits per heavy atom. The molecule has 3 aromatic rings. The number of carbonyl (C=O) groups excluding carboxylic acids is 1. The van der Waals surface area contributed by atoms with Crippen molar-refractivity contribution >= 4 is 11.6 Å². The van der Waals surface area contributed by atoms with Gasteiger partial charge in [-0.15, -0.1) is 0 Å². The third kappa shape index (κ3) is 3.38. The molecule has 31 heavy (non-hydrogen) atoms. The second-order valence-corrected chi connectivity index (χ2v) is 8.45. The highest BCUT2D eigenvalue weighted by Crippen LogP contribution is 2.40. The van der Waals surface area contributed by atoms with Crippen LogP contribution in [-0.2, 0) is 19.0 Å². The van der Waals surface area contributed by atoms with Gasteiger partial charge in [0, 0.05) is 30.3 Å². The maximum absolute atomic E-state index is 14.2. The number of halogens is 3. The lowest BCUT2D eigenvalue weighted by molar-refractivity contribution is -0.143. The lowest BCUT2D eigenvalue weighted by Crippen LogP contribution is -2.38. The van der Waals surface area contributed by atoms with E-state index in [2.05, 4.69) is 10.1 Å². The first-order valence-corrected chi connectivity index (χ1v) is 10.7. The first-order valence-electron chi connectivity index (χ1n) is 10.7. The highest BCUT2D eigenvalue weighted by Gasteiger charge is 2.40. The molecule has 1 fully saturated rings. The minimum absolute atomic E-state index is 0.00158. The fraction of sp³-hybridized carbons (Fsp3) is 0.435. The molecular formula is C23H23F3N4O. The van der Waals surface area contributed by atoms with Gasteiger partial charge in [0.25, 0.3) is 5.91 Å². The number of benzene rings is 1. The van der Waals surface area contributed by atoms with Gasteiger partial charge in [-0.25, -0.2) is 9.50 Å². The van der Waals surface area contributed by atoms with Crippen LogP contribution in [0.5, 0.6) is 0 Å². The number of fused-ring (bicyclic) bond motifs is 4. The van der Waals surface area contributed by atoms with Crippen molar-refractivity contribution in [2.45, 2.75) is 57.2 Å². The quantitative estimate of drug-likeness (QED) is 0.582. The van der Waals surface area contributed by atoms with E-state index >= 15 is 0 Å². The molecular weight excluding hydrogens is 405 g/mol. The topological polar surface area (TPSA) is 50.5 Å². The zero-order chi connectivity index (χ0) is 21.8. The van der Waals surface area contributed by atoms with Crippen LogP contribution in [0.1, 0.15) is 59.4 Å². The van der Waals surface area contributed by atoms with Crippen molar-refractivity contribution in [3.05, 3.63) is 52.8 Å². The van der Waals surface area contributed by atoms with Crippen molar-refractivity contribution in [2.24, 2.45) is 0 Å². The van der Waals surface area contributed by atoms with Crippen LogP contribution in [0.25, 0.3) is 16.9 Å². The largest absolute Gasteiger partial charge is 0.433 e. The number of amides is 1. The summed E-state index contributed by atoms with van der Waals surface area (Å²) in [6.07, 6.45) is 1.21. The summed E-state index contributed by atoms with van der Waals surface area (Å²) < 4.78 is 43.3. The van der Waals surface area contributed by atoms with Gasteiger partial charge in [0.05, 0.1) is 5.69 Å². The lowest BCUT2D eigenvalue weighted by atomic mass is 9.88. The molecule has 2 heterocycles. The maximum Gasteiger partial charge on any atom is 0.433 e. The number of alkyl halides is 3. The Kier molecular flexibility index (Phi) is 4.75. The Morgan fingerprint density at radius 2 is 1.87 bits per heavy atom. The average molecular weight is 428 g/mol. The number of rotatable bonds is 2. The Labute approximate surface area is 177 Å². The van der Waals surface area contributed by atoms with Gasteiger partial charge in [-0.05, 0) is 31.2 Å². The number of hydrogen-bond acceptors (Lipinski definition) is 3. The summed E-state index contributed by atoms with van der Waals surface area (Å²) in [5.74, 6) is -0.358. The number of aryl methyl sites for hydroxylation is 1. The molecule has 5 rings (SSSR count). The highest BCUT2D eigenvalue weighted by molar-refractivity contribution is 5.93. The van der Waals surface area contributed by atoms with Crippen molar-refractivity contribution < 1.29 is 18.0 Å². The molecule has 2 aliphatic rings. The van der Waals surface area contributed by atoms with Crippen LogP contribution in [0, 0.1) is 0 Å². The van der Waals surface area contributed by atoms with Crippen molar-refractivity contribution in [3.63, 3.8) is 0 Å². The molecule has 0 aliphatic heterocycles. The normalized spacial score (nSPS) is 16.8. The first kappa shape index (κ1) is 20.0. The van der Waals surface area contributed by atoms with E-state index in [0.29, 0.717) is 17.7 Å². The molecule has 2 aromatic heterocycles. The molecule has 162 valence electrons. The molecule has 0 spiro atoms. The van der Waals surface area contributed by atoms with E-state index in [-0.39, 0.29) is 35.3 Å². The summed E-state index contributed by atoms with van der Waals surface area (Å²) in [5, 5.41) is 4.10. The van der Waals surface area contributed by atoms with E-state index in [1.54, 1.807) is 24.1 Å². The Bertz CT molecular complexity index is 1160. The number of aromatic nitrogens is 3. The van der Waals surface area contributed by atoms with E-state index < -0.39 is 11.9 Å². The smallest absolute Gasteiger partial charge is 0.337 e. The van der Waals surface area contributed by atoms with E-state index in [4.69, 9.17) is 0 Å². The molecule has 0 N–H and O–H groups in total. The first-order chi connectivity index (χ1) is 14.8. The van der Waals surface area contributed by atoms with Gasteiger partial charge in [0.1, 0.15) is 0 Å². The molecule has 1 aromatic carbocycles. The Balaban J connectivity index is 1.64. The van der Waals surface area contributed by atoms with E-state index in [1.165, 1.54) is 6.07 Å². The zero-order valence-corrected chi connectivity index (χ0v) is 17.2. The van der Waals surface area contributed by atoms with Crippen LogP contribution in [0.3, 0.4) is 0 Å². The molecule has 0 atom stereocenters. The van der Waals surface area contributed by atoms with E-state index in [9.17, 15) is 18.0 Å². The third-order valence-electron chi connectivity index (χ3n) is 6.55. The summed E-state index contributed by atoms with van der Waals surface area (Å²) in [6.45, 7) is 0. The fourth-order valence-corrected chi connectivity index (χ4v) is 4.94. The van der Waals surface area contributed by atoms with Crippen molar-refractivity contribution in [3.8, 4) is 11.3 Å². The van der Waals surface area contributed by atoms with Crippen LogP contribution in [0.2, 0.25) is 0 Å². The van der Waals surface area contributed by atoms with E-state index in [1.807, 2.05) is 12.1 Å². The molecule has 1 amide bonds. The van der Waals surface area contributed by atoms with Crippen LogP contribution in [0.15, 0.2) is 30.3 Å². The molecule has 5 nitrogen and oxygen atoms in total.